The first kappa shape index (κ1) is 20.1. The molecular formula is C22H33N5O2. The van der Waals surface area contributed by atoms with Crippen LogP contribution in [-0.2, 0) is 4.79 Å². The molecule has 2 aromatic rings. The number of carbonyl (C=O) groups excluding carboxylic acids is 1. The Balaban J connectivity index is 1.49. The summed E-state index contributed by atoms with van der Waals surface area (Å²) in [4.78, 5) is 25.0. The average molecular weight is 400 g/mol. The molecule has 7 nitrogen and oxygen atoms in total. The van der Waals surface area contributed by atoms with Gasteiger partial charge in [-0.3, -0.25) is 9.69 Å². The number of ether oxygens (including phenoxy) is 1. The second-order valence-corrected chi connectivity index (χ2v) is 8.78. The Kier molecular flexibility index (Phi) is 5.76. The van der Waals surface area contributed by atoms with Gasteiger partial charge in [-0.15, -0.1) is 0 Å². The summed E-state index contributed by atoms with van der Waals surface area (Å²) in [5, 5.41) is 1.07. The lowest BCUT2D eigenvalue weighted by molar-refractivity contribution is -0.130. The molecule has 1 saturated carbocycles. The fourth-order valence-corrected chi connectivity index (χ4v) is 4.77. The third-order valence-electron chi connectivity index (χ3n) is 6.66. The van der Waals surface area contributed by atoms with E-state index in [0.29, 0.717) is 12.6 Å². The van der Waals surface area contributed by atoms with Crippen LogP contribution < -0.4 is 4.74 Å². The zero-order chi connectivity index (χ0) is 20.5. The summed E-state index contributed by atoms with van der Waals surface area (Å²) in [6.45, 7) is 6.59. The molecule has 7 heteroatoms. The van der Waals surface area contributed by atoms with Crippen molar-refractivity contribution < 1.29 is 9.53 Å². The predicted molar refractivity (Wildman–Crippen MR) is 113 cm³/mol. The molecule has 2 fully saturated rings. The van der Waals surface area contributed by atoms with Gasteiger partial charge in [-0.1, -0.05) is 12.8 Å². The third-order valence-corrected chi connectivity index (χ3v) is 6.66. The quantitative estimate of drug-likeness (QED) is 0.773. The third kappa shape index (κ3) is 3.97. The number of hydrogen-bond donors (Lipinski definition) is 0. The van der Waals surface area contributed by atoms with Crippen LogP contribution in [0.1, 0.15) is 55.8 Å². The van der Waals surface area contributed by atoms with Gasteiger partial charge < -0.3 is 14.2 Å². The number of carbonyl (C=O) groups is 1. The van der Waals surface area contributed by atoms with Crippen LogP contribution in [0.5, 0.6) is 5.88 Å². The van der Waals surface area contributed by atoms with Crippen molar-refractivity contribution >= 4 is 16.9 Å². The number of fused-ring (bicyclic) bond motifs is 1. The Morgan fingerprint density at radius 2 is 1.83 bits per heavy atom. The molecule has 0 bridgehead atoms. The van der Waals surface area contributed by atoms with E-state index in [1.807, 2.05) is 0 Å². The van der Waals surface area contributed by atoms with Crippen molar-refractivity contribution in [2.45, 2.75) is 64.5 Å². The smallest absolute Gasteiger partial charge is 0.236 e. The summed E-state index contributed by atoms with van der Waals surface area (Å²) in [7, 11) is 3.61. The zero-order valence-electron chi connectivity index (χ0n) is 18.1. The van der Waals surface area contributed by atoms with Crippen molar-refractivity contribution in [2.24, 2.45) is 0 Å². The SMILES string of the molecule is Cc1c(C)n(C2CCCC2)c2ncnc(OC3CCN(CC(=O)N(C)C)CC3)c12. The van der Waals surface area contributed by atoms with Crippen molar-refractivity contribution in [1.82, 2.24) is 24.3 Å². The lowest BCUT2D eigenvalue weighted by atomic mass is 10.1. The van der Waals surface area contributed by atoms with Crippen LogP contribution in [0.4, 0.5) is 0 Å². The Hall–Kier alpha value is -2.15. The number of amides is 1. The summed E-state index contributed by atoms with van der Waals surface area (Å²) in [5.74, 6) is 0.872. The maximum absolute atomic E-state index is 11.9. The van der Waals surface area contributed by atoms with Gasteiger partial charge in [-0.25, -0.2) is 9.97 Å². The fourth-order valence-electron chi connectivity index (χ4n) is 4.77. The average Bonchev–Trinajstić information content (AvgIpc) is 3.31. The van der Waals surface area contributed by atoms with E-state index in [0.717, 1.165) is 42.8 Å². The van der Waals surface area contributed by atoms with Crippen molar-refractivity contribution in [3.63, 3.8) is 0 Å². The molecule has 158 valence electrons. The van der Waals surface area contributed by atoms with Crippen molar-refractivity contribution in [1.29, 1.82) is 0 Å². The van der Waals surface area contributed by atoms with Gasteiger partial charge in [0.2, 0.25) is 11.8 Å². The maximum Gasteiger partial charge on any atom is 0.236 e. The number of nitrogens with zero attached hydrogens (tertiary/aromatic N) is 5. The number of aromatic nitrogens is 3. The molecule has 4 rings (SSSR count). The summed E-state index contributed by atoms with van der Waals surface area (Å²) in [6.07, 6.45) is 8.66. The van der Waals surface area contributed by atoms with E-state index < -0.39 is 0 Å². The van der Waals surface area contributed by atoms with Gasteiger partial charge in [-0.05, 0) is 45.1 Å². The Morgan fingerprint density at radius 1 is 1.14 bits per heavy atom. The highest BCUT2D eigenvalue weighted by atomic mass is 16.5. The number of hydrogen-bond acceptors (Lipinski definition) is 5. The molecule has 3 heterocycles. The number of piperidine rings is 1. The van der Waals surface area contributed by atoms with E-state index in [1.165, 1.54) is 36.9 Å². The summed E-state index contributed by atoms with van der Waals surface area (Å²) >= 11 is 0. The van der Waals surface area contributed by atoms with E-state index in [2.05, 4.69) is 33.3 Å². The van der Waals surface area contributed by atoms with E-state index in [1.54, 1.807) is 25.3 Å². The number of likely N-dealkylation sites (tertiary alicyclic amines) is 1. The predicted octanol–water partition coefficient (Wildman–Crippen LogP) is 3.09. The van der Waals surface area contributed by atoms with Crippen LogP contribution in [0.25, 0.3) is 11.0 Å². The minimum Gasteiger partial charge on any atom is -0.474 e. The van der Waals surface area contributed by atoms with E-state index in [9.17, 15) is 4.79 Å². The van der Waals surface area contributed by atoms with Gasteiger partial charge in [-0.2, -0.15) is 0 Å². The molecule has 1 amide bonds. The molecule has 2 aliphatic rings. The molecule has 0 unspecified atom stereocenters. The molecule has 1 aliphatic heterocycles. The lowest BCUT2D eigenvalue weighted by Crippen LogP contribution is -2.43. The Morgan fingerprint density at radius 3 is 2.48 bits per heavy atom. The first-order chi connectivity index (χ1) is 14.0. The minimum absolute atomic E-state index is 0.133. The van der Waals surface area contributed by atoms with Gasteiger partial charge in [0.25, 0.3) is 0 Å². The van der Waals surface area contributed by atoms with Crippen LogP contribution in [0.3, 0.4) is 0 Å². The highest BCUT2D eigenvalue weighted by Gasteiger charge is 2.27. The molecule has 0 aromatic carbocycles. The summed E-state index contributed by atoms with van der Waals surface area (Å²) in [5.41, 5.74) is 3.54. The van der Waals surface area contributed by atoms with Crippen LogP contribution in [-0.4, -0.2) is 70.1 Å². The molecule has 0 N–H and O–H groups in total. The Bertz CT molecular complexity index is 877. The fraction of sp³-hybridized carbons (Fsp3) is 0.682. The van der Waals surface area contributed by atoms with Crippen LogP contribution in [0.2, 0.25) is 0 Å². The highest BCUT2D eigenvalue weighted by molar-refractivity contribution is 5.86. The highest BCUT2D eigenvalue weighted by Crippen LogP contribution is 2.38. The molecule has 0 spiro atoms. The largest absolute Gasteiger partial charge is 0.474 e. The van der Waals surface area contributed by atoms with Crippen LogP contribution in [0.15, 0.2) is 6.33 Å². The first-order valence-electron chi connectivity index (χ1n) is 10.9. The topological polar surface area (TPSA) is 63.5 Å². The van der Waals surface area contributed by atoms with E-state index in [4.69, 9.17) is 4.74 Å². The summed E-state index contributed by atoms with van der Waals surface area (Å²) in [6, 6.07) is 0.548. The van der Waals surface area contributed by atoms with Gasteiger partial charge >= 0.3 is 0 Å². The molecule has 1 aliphatic carbocycles. The summed E-state index contributed by atoms with van der Waals surface area (Å²) < 4.78 is 8.81. The molecular weight excluding hydrogens is 366 g/mol. The van der Waals surface area contributed by atoms with E-state index in [-0.39, 0.29) is 12.0 Å². The number of aryl methyl sites for hydroxylation is 1. The molecule has 1 saturated heterocycles. The van der Waals surface area contributed by atoms with Gasteiger partial charge in [0.15, 0.2) is 0 Å². The normalized spacial score (nSPS) is 19.2. The second-order valence-electron chi connectivity index (χ2n) is 8.78. The van der Waals surface area contributed by atoms with Crippen LogP contribution >= 0.6 is 0 Å². The maximum atomic E-state index is 11.9. The minimum atomic E-state index is 0.133. The van der Waals surface area contributed by atoms with Crippen molar-refractivity contribution in [2.75, 3.05) is 33.7 Å². The molecule has 2 aromatic heterocycles. The monoisotopic (exact) mass is 399 g/mol. The van der Waals surface area contributed by atoms with Crippen LogP contribution in [0, 0.1) is 13.8 Å². The van der Waals surface area contributed by atoms with Crippen molar-refractivity contribution in [3.05, 3.63) is 17.6 Å². The second kappa shape index (κ2) is 8.30. The number of rotatable bonds is 5. The van der Waals surface area contributed by atoms with E-state index >= 15 is 0 Å². The molecule has 0 atom stereocenters. The van der Waals surface area contributed by atoms with Gasteiger partial charge in [0, 0.05) is 38.9 Å². The zero-order valence-corrected chi connectivity index (χ0v) is 18.1. The number of likely N-dealkylation sites (N-methyl/N-ethyl adjacent to an activating group) is 1. The standard InChI is InChI=1S/C22H33N5O2/c1-15-16(2)27(17-7-5-6-8-17)21-20(15)22(24-14-23-21)29-18-9-11-26(12-10-18)13-19(28)25(3)4/h14,17-18H,5-13H2,1-4H3. The first-order valence-corrected chi connectivity index (χ1v) is 10.9. The molecule has 0 radical (unpaired) electrons. The molecule has 29 heavy (non-hydrogen) atoms. The lowest BCUT2D eigenvalue weighted by Gasteiger charge is -2.32. The van der Waals surface area contributed by atoms with Gasteiger partial charge in [0.1, 0.15) is 18.1 Å². The van der Waals surface area contributed by atoms with Gasteiger partial charge in [0.05, 0.1) is 11.9 Å². The Labute approximate surface area is 173 Å². The van der Waals surface area contributed by atoms with Crippen molar-refractivity contribution in [3.8, 4) is 5.88 Å².